The van der Waals surface area contributed by atoms with Crippen LogP contribution in [0, 0.1) is 0 Å². The first-order valence-corrected chi connectivity index (χ1v) is 6.76. The quantitative estimate of drug-likeness (QED) is 0.928. The highest BCUT2D eigenvalue weighted by molar-refractivity contribution is 9.10. The summed E-state index contributed by atoms with van der Waals surface area (Å²) in [4.78, 5) is 0. The Morgan fingerprint density at radius 1 is 1.39 bits per heavy atom. The molecule has 0 radical (unpaired) electrons. The van der Waals surface area contributed by atoms with Gasteiger partial charge in [0.25, 0.3) is 0 Å². The van der Waals surface area contributed by atoms with E-state index < -0.39 is 0 Å². The molecule has 1 aliphatic rings. The molecule has 2 atom stereocenters. The van der Waals surface area contributed by atoms with Gasteiger partial charge in [0, 0.05) is 12.2 Å². The molecule has 4 nitrogen and oxygen atoms in total. The number of hydrogen-bond acceptors (Lipinski definition) is 4. The largest absolute Gasteiger partial charge is 0.495 e. The van der Waals surface area contributed by atoms with Gasteiger partial charge in [-0.15, -0.1) is 0 Å². The predicted octanol–water partition coefficient (Wildman–Crippen LogP) is 2.65. The van der Waals surface area contributed by atoms with E-state index in [0.717, 1.165) is 41.0 Å². The van der Waals surface area contributed by atoms with Gasteiger partial charge < -0.3 is 19.9 Å². The topological polar surface area (TPSA) is 53.7 Å². The van der Waals surface area contributed by atoms with Gasteiger partial charge in [0.15, 0.2) is 0 Å². The van der Waals surface area contributed by atoms with Crippen LogP contribution in [0.25, 0.3) is 0 Å². The maximum absolute atomic E-state index is 6.27. The molecule has 0 spiro atoms. The molecule has 0 bridgehead atoms. The highest BCUT2D eigenvalue weighted by atomic mass is 79.9. The van der Waals surface area contributed by atoms with Crippen LogP contribution in [0.15, 0.2) is 16.6 Å². The summed E-state index contributed by atoms with van der Waals surface area (Å²) in [6.45, 7) is 0.790. The first-order valence-electron chi connectivity index (χ1n) is 5.96. The Hall–Kier alpha value is -0.780. The average molecular weight is 316 g/mol. The van der Waals surface area contributed by atoms with Gasteiger partial charge in [-0.3, -0.25) is 0 Å². The highest BCUT2D eigenvalue weighted by Gasteiger charge is 2.27. The number of methoxy groups -OCH3 is 2. The van der Waals surface area contributed by atoms with Crippen LogP contribution in [0.3, 0.4) is 0 Å². The predicted molar refractivity (Wildman–Crippen MR) is 73.1 cm³/mol. The van der Waals surface area contributed by atoms with Gasteiger partial charge in [0.05, 0.1) is 26.4 Å². The minimum Gasteiger partial charge on any atom is -0.495 e. The lowest BCUT2D eigenvalue weighted by Crippen LogP contribution is -2.26. The summed E-state index contributed by atoms with van der Waals surface area (Å²) < 4.78 is 17.1. The van der Waals surface area contributed by atoms with Crippen molar-refractivity contribution in [2.24, 2.45) is 5.73 Å². The molecule has 0 saturated carbocycles. The van der Waals surface area contributed by atoms with E-state index in [1.54, 1.807) is 14.2 Å². The van der Waals surface area contributed by atoms with Gasteiger partial charge in [-0.2, -0.15) is 0 Å². The molecule has 0 aromatic heterocycles. The van der Waals surface area contributed by atoms with Crippen LogP contribution < -0.4 is 15.2 Å². The Morgan fingerprint density at radius 3 is 2.72 bits per heavy atom. The zero-order valence-electron chi connectivity index (χ0n) is 10.6. The van der Waals surface area contributed by atoms with Crippen LogP contribution in [0.1, 0.15) is 24.4 Å². The van der Waals surface area contributed by atoms with Crippen LogP contribution >= 0.6 is 15.9 Å². The van der Waals surface area contributed by atoms with Crippen LogP contribution in [0.2, 0.25) is 0 Å². The second-order valence-corrected chi connectivity index (χ2v) is 5.07. The average Bonchev–Trinajstić information content (AvgIpc) is 2.91. The summed E-state index contributed by atoms with van der Waals surface area (Å²) in [5.74, 6) is 1.45. The molecule has 5 heteroatoms. The first kappa shape index (κ1) is 13.6. The van der Waals surface area contributed by atoms with E-state index in [1.165, 1.54) is 0 Å². The van der Waals surface area contributed by atoms with E-state index in [4.69, 9.17) is 19.9 Å². The van der Waals surface area contributed by atoms with Crippen LogP contribution in [-0.2, 0) is 4.74 Å². The lowest BCUT2D eigenvalue weighted by molar-refractivity contribution is 0.0892. The highest BCUT2D eigenvalue weighted by Crippen LogP contribution is 2.41. The zero-order chi connectivity index (χ0) is 13.1. The van der Waals surface area contributed by atoms with Crippen LogP contribution in [0.5, 0.6) is 11.5 Å². The Kier molecular flexibility index (Phi) is 4.48. The Balaban J connectivity index is 2.34. The van der Waals surface area contributed by atoms with Crippen molar-refractivity contribution in [2.45, 2.75) is 25.0 Å². The molecular formula is C13H18BrNO3. The van der Waals surface area contributed by atoms with Gasteiger partial charge in [0.2, 0.25) is 0 Å². The Morgan fingerprint density at radius 2 is 2.17 bits per heavy atom. The summed E-state index contributed by atoms with van der Waals surface area (Å²) in [6.07, 6.45) is 2.13. The van der Waals surface area contributed by atoms with Gasteiger partial charge in [-0.05, 0) is 40.9 Å². The number of hydrogen-bond donors (Lipinski definition) is 1. The third-order valence-corrected chi connectivity index (χ3v) is 3.99. The van der Waals surface area contributed by atoms with Crippen LogP contribution in [0.4, 0.5) is 0 Å². The lowest BCUT2D eigenvalue weighted by atomic mass is 9.99. The standard InChI is InChI=1S/C13H18BrNO3/c1-16-9-6-5-8(13(17-2)11(9)14)12(15)10-4-3-7-18-10/h5-6,10,12H,3-4,7,15H2,1-2H3. The lowest BCUT2D eigenvalue weighted by Gasteiger charge is -2.22. The molecule has 0 amide bonds. The van der Waals surface area contributed by atoms with E-state index in [9.17, 15) is 0 Å². The Labute approximate surface area is 116 Å². The van der Waals surface area contributed by atoms with E-state index >= 15 is 0 Å². The van der Waals surface area contributed by atoms with E-state index in [1.807, 2.05) is 12.1 Å². The third kappa shape index (κ3) is 2.48. The minimum atomic E-state index is -0.176. The zero-order valence-corrected chi connectivity index (χ0v) is 12.2. The molecule has 2 unspecified atom stereocenters. The fraction of sp³-hybridized carbons (Fsp3) is 0.538. The molecule has 1 aromatic carbocycles. The van der Waals surface area contributed by atoms with E-state index in [0.29, 0.717) is 0 Å². The number of benzene rings is 1. The minimum absolute atomic E-state index is 0.0687. The number of ether oxygens (including phenoxy) is 3. The molecule has 1 heterocycles. The Bertz CT molecular complexity index is 419. The van der Waals surface area contributed by atoms with Gasteiger partial charge in [0.1, 0.15) is 16.0 Å². The molecular weight excluding hydrogens is 298 g/mol. The van der Waals surface area contributed by atoms with Crippen molar-refractivity contribution in [1.82, 2.24) is 0 Å². The summed E-state index contributed by atoms with van der Waals surface area (Å²) in [5.41, 5.74) is 7.21. The first-order chi connectivity index (χ1) is 8.69. The summed E-state index contributed by atoms with van der Waals surface area (Å²) in [6, 6.07) is 3.65. The van der Waals surface area contributed by atoms with Crippen molar-refractivity contribution in [3.05, 3.63) is 22.2 Å². The molecule has 1 fully saturated rings. The number of rotatable bonds is 4. The van der Waals surface area contributed by atoms with Crippen molar-refractivity contribution in [1.29, 1.82) is 0 Å². The van der Waals surface area contributed by atoms with Gasteiger partial charge in [-0.1, -0.05) is 0 Å². The van der Waals surface area contributed by atoms with Crippen molar-refractivity contribution in [3.63, 3.8) is 0 Å². The molecule has 2 N–H and O–H groups in total. The summed E-state index contributed by atoms with van der Waals surface area (Å²) >= 11 is 3.48. The second kappa shape index (κ2) is 5.91. The SMILES string of the molecule is COc1ccc(C(N)C2CCCO2)c(OC)c1Br. The maximum Gasteiger partial charge on any atom is 0.141 e. The molecule has 1 aliphatic heterocycles. The van der Waals surface area contributed by atoms with Gasteiger partial charge in [-0.25, -0.2) is 0 Å². The van der Waals surface area contributed by atoms with Crippen molar-refractivity contribution in [2.75, 3.05) is 20.8 Å². The summed E-state index contributed by atoms with van der Waals surface area (Å²) in [7, 11) is 3.25. The molecule has 0 aliphatic carbocycles. The fourth-order valence-electron chi connectivity index (χ4n) is 2.27. The number of halogens is 1. The van der Waals surface area contributed by atoms with E-state index in [-0.39, 0.29) is 12.1 Å². The normalized spacial score (nSPS) is 20.8. The van der Waals surface area contributed by atoms with Crippen molar-refractivity contribution < 1.29 is 14.2 Å². The molecule has 18 heavy (non-hydrogen) atoms. The monoisotopic (exact) mass is 315 g/mol. The molecule has 1 aromatic rings. The summed E-state index contributed by atoms with van der Waals surface area (Å²) in [5, 5.41) is 0. The smallest absolute Gasteiger partial charge is 0.141 e. The maximum atomic E-state index is 6.27. The van der Waals surface area contributed by atoms with Crippen LogP contribution in [-0.4, -0.2) is 26.9 Å². The van der Waals surface area contributed by atoms with Crippen molar-refractivity contribution >= 4 is 15.9 Å². The number of nitrogens with two attached hydrogens (primary N) is 1. The van der Waals surface area contributed by atoms with E-state index in [2.05, 4.69) is 15.9 Å². The van der Waals surface area contributed by atoms with Gasteiger partial charge >= 0.3 is 0 Å². The fourth-order valence-corrected chi connectivity index (χ4v) is 2.95. The molecule has 100 valence electrons. The second-order valence-electron chi connectivity index (χ2n) is 4.28. The molecule has 2 rings (SSSR count). The molecule has 1 saturated heterocycles. The third-order valence-electron chi connectivity index (χ3n) is 3.24. The van der Waals surface area contributed by atoms with Crippen molar-refractivity contribution in [3.8, 4) is 11.5 Å².